The summed E-state index contributed by atoms with van der Waals surface area (Å²) < 4.78 is 0. The van der Waals surface area contributed by atoms with Crippen LogP contribution in [0.5, 0.6) is 0 Å². The van der Waals surface area contributed by atoms with E-state index >= 15 is 0 Å². The smallest absolute Gasteiger partial charge is 0.144 e. The zero-order valence-corrected chi connectivity index (χ0v) is 12.0. The average molecular weight is 261 g/mol. The number of anilines is 1. The van der Waals surface area contributed by atoms with E-state index < -0.39 is 0 Å². The summed E-state index contributed by atoms with van der Waals surface area (Å²) in [5, 5.41) is 13.4. The Labute approximate surface area is 113 Å². The first-order valence-corrected chi connectivity index (χ1v) is 7.62. The van der Waals surface area contributed by atoms with Crippen molar-refractivity contribution in [1.29, 1.82) is 5.26 Å². The molecule has 0 spiro atoms. The van der Waals surface area contributed by atoms with Crippen LogP contribution in [0.3, 0.4) is 0 Å². The van der Waals surface area contributed by atoms with Gasteiger partial charge in [0.1, 0.15) is 11.9 Å². The summed E-state index contributed by atoms with van der Waals surface area (Å²) in [7, 11) is 0. The molecule has 1 N–H and O–H groups in total. The molecule has 0 saturated heterocycles. The zero-order valence-electron chi connectivity index (χ0n) is 11.2. The van der Waals surface area contributed by atoms with E-state index in [4.69, 9.17) is 0 Å². The summed E-state index contributed by atoms with van der Waals surface area (Å²) >= 11 is 1.91. The standard InChI is InChI=1S/C14H19N3S/c1-9-7-10(2)16-14(11(9)8-15)17-12-5-4-6-13(12)18-3/h7,12-13H,4-6H2,1-3H3,(H,16,17). The molecular weight excluding hydrogens is 242 g/mol. The van der Waals surface area contributed by atoms with Gasteiger partial charge in [0.05, 0.1) is 5.56 Å². The van der Waals surface area contributed by atoms with Crippen molar-refractivity contribution in [3.63, 3.8) is 0 Å². The Morgan fingerprint density at radius 1 is 1.44 bits per heavy atom. The predicted octanol–water partition coefficient (Wildman–Crippen LogP) is 3.27. The van der Waals surface area contributed by atoms with Gasteiger partial charge in [0.25, 0.3) is 0 Å². The predicted molar refractivity (Wildman–Crippen MR) is 77.0 cm³/mol. The molecular formula is C14H19N3S. The Morgan fingerprint density at radius 3 is 2.89 bits per heavy atom. The van der Waals surface area contributed by atoms with Gasteiger partial charge in [0.15, 0.2) is 0 Å². The van der Waals surface area contributed by atoms with Gasteiger partial charge in [0.2, 0.25) is 0 Å². The van der Waals surface area contributed by atoms with Crippen LogP contribution in [0.25, 0.3) is 0 Å². The molecule has 1 fully saturated rings. The van der Waals surface area contributed by atoms with Gasteiger partial charge in [-0.1, -0.05) is 6.42 Å². The number of thioether (sulfide) groups is 1. The molecule has 1 aromatic rings. The van der Waals surface area contributed by atoms with Gasteiger partial charge in [-0.25, -0.2) is 4.98 Å². The van der Waals surface area contributed by atoms with Crippen molar-refractivity contribution in [2.45, 2.75) is 44.4 Å². The molecule has 1 aliphatic rings. The first-order valence-electron chi connectivity index (χ1n) is 6.33. The summed E-state index contributed by atoms with van der Waals surface area (Å²) in [5.74, 6) is 0.765. The second kappa shape index (κ2) is 5.62. The summed E-state index contributed by atoms with van der Waals surface area (Å²) in [5.41, 5.74) is 2.66. The van der Waals surface area contributed by atoms with E-state index in [1.165, 1.54) is 19.3 Å². The van der Waals surface area contributed by atoms with Crippen molar-refractivity contribution in [1.82, 2.24) is 4.98 Å². The van der Waals surface area contributed by atoms with E-state index in [9.17, 15) is 5.26 Å². The van der Waals surface area contributed by atoms with Gasteiger partial charge in [0, 0.05) is 17.0 Å². The normalized spacial score (nSPS) is 22.8. The molecule has 96 valence electrons. The van der Waals surface area contributed by atoms with E-state index in [2.05, 4.69) is 22.6 Å². The van der Waals surface area contributed by atoms with Crippen molar-refractivity contribution in [2.24, 2.45) is 0 Å². The summed E-state index contributed by atoms with van der Waals surface area (Å²) in [4.78, 5) is 4.49. The number of aromatic nitrogens is 1. The zero-order chi connectivity index (χ0) is 13.1. The lowest BCUT2D eigenvalue weighted by Gasteiger charge is -2.21. The van der Waals surface area contributed by atoms with E-state index in [0.29, 0.717) is 16.9 Å². The molecule has 2 rings (SSSR count). The Kier molecular flexibility index (Phi) is 4.13. The van der Waals surface area contributed by atoms with Crippen molar-refractivity contribution in [3.05, 3.63) is 22.9 Å². The van der Waals surface area contributed by atoms with E-state index in [0.717, 1.165) is 17.1 Å². The summed E-state index contributed by atoms with van der Waals surface area (Å²) in [6.07, 6.45) is 5.84. The molecule has 2 atom stereocenters. The van der Waals surface area contributed by atoms with Crippen LogP contribution in [0.4, 0.5) is 5.82 Å². The van der Waals surface area contributed by atoms with Gasteiger partial charge < -0.3 is 5.32 Å². The van der Waals surface area contributed by atoms with Crippen LogP contribution >= 0.6 is 11.8 Å². The number of rotatable bonds is 3. The van der Waals surface area contributed by atoms with Crippen molar-refractivity contribution < 1.29 is 0 Å². The minimum atomic E-state index is 0.445. The summed E-state index contributed by atoms with van der Waals surface area (Å²) in [6.45, 7) is 3.94. The average Bonchev–Trinajstić information content (AvgIpc) is 2.76. The number of pyridine rings is 1. The van der Waals surface area contributed by atoms with Crippen LogP contribution in [0.1, 0.15) is 36.1 Å². The molecule has 0 bridgehead atoms. The quantitative estimate of drug-likeness (QED) is 0.907. The fourth-order valence-corrected chi connectivity index (χ4v) is 3.57. The highest BCUT2D eigenvalue weighted by atomic mass is 32.2. The molecule has 18 heavy (non-hydrogen) atoms. The molecule has 0 aromatic carbocycles. The highest BCUT2D eigenvalue weighted by Crippen LogP contribution is 2.31. The minimum Gasteiger partial charge on any atom is -0.365 e. The van der Waals surface area contributed by atoms with E-state index in [1.54, 1.807) is 0 Å². The maximum absolute atomic E-state index is 9.25. The largest absolute Gasteiger partial charge is 0.365 e. The van der Waals surface area contributed by atoms with Gasteiger partial charge >= 0.3 is 0 Å². The monoisotopic (exact) mass is 261 g/mol. The summed E-state index contributed by atoms with van der Waals surface area (Å²) in [6, 6.07) is 4.67. The fraction of sp³-hybridized carbons (Fsp3) is 0.571. The minimum absolute atomic E-state index is 0.445. The number of hydrogen-bond donors (Lipinski definition) is 1. The van der Waals surface area contributed by atoms with Crippen molar-refractivity contribution >= 4 is 17.6 Å². The highest BCUT2D eigenvalue weighted by Gasteiger charge is 2.27. The van der Waals surface area contributed by atoms with Gasteiger partial charge in [-0.2, -0.15) is 17.0 Å². The van der Waals surface area contributed by atoms with Crippen LogP contribution < -0.4 is 5.32 Å². The Balaban J connectivity index is 2.26. The maximum atomic E-state index is 9.25. The van der Waals surface area contributed by atoms with Crippen LogP contribution in [0.2, 0.25) is 0 Å². The second-order valence-electron chi connectivity index (χ2n) is 4.87. The molecule has 2 unspecified atom stereocenters. The van der Waals surface area contributed by atoms with Crippen LogP contribution in [0.15, 0.2) is 6.07 Å². The number of hydrogen-bond acceptors (Lipinski definition) is 4. The third-order valence-corrected chi connectivity index (χ3v) is 4.70. The third-order valence-electron chi connectivity index (χ3n) is 3.53. The Hall–Kier alpha value is -1.21. The van der Waals surface area contributed by atoms with Gasteiger partial charge in [-0.05, 0) is 44.6 Å². The lowest BCUT2D eigenvalue weighted by atomic mass is 10.1. The fourth-order valence-electron chi connectivity index (χ4n) is 2.63. The number of aryl methyl sites for hydroxylation is 2. The van der Waals surface area contributed by atoms with Crippen LogP contribution in [0, 0.1) is 25.2 Å². The molecule has 3 nitrogen and oxygen atoms in total. The molecule has 0 aliphatic heterocycles. The molecule has 0 amide bonds. The Morgan fingerprint density at radius 2 is 2.22 bits per heavy atom. The lowest BCUT2D eigenvalue weighted by molar-refractivity contribution is 0.762. The van der Waals surface area contributed by atoms with Crippen LogP contribution in [-0.4, -0.2) is 22.5 Å². The second-order valence-corrected chi connectivity index (χ2v) is 5.95. The topological polar surface area (TPSA) is 48.7 Å². The first-order chi connectivity index (χ1) is 8.65. The lowest BCUT2D eigenvalue weighted by Crippen LogP contribution is -2.27. The molecule has 0 radical (unpaired) electrons. The maximum Gasteiger partial charge on any atom is 0.144 e. The van der Waals surface area contributed by atoms with Crippen molar-refractivity contribution in [2.75, 3.05) is 11.6 Å². The van der Waals surface area contributed by atoms with E-state index in [-0.39, 0.29) is 0 Å². The molecule has 1 aromatic heterocycles. The first kappa shape index (κ1) is 13.2. The Bertz CT molecular complexity index is 479. The molecule has 4 heteroatoms. The third kappa shape index (κ3) is 2.62. The molecule has 1 heterocycles. The number of nitrogens with zero attached hydrogens (tertiary/aromatic N) is 2. The van der Waals surface area contributed by atoms with Gasteiger partial charge in [-0.15, -0.1) is 0 Å². The number of nitrogens with one attached hydrogen (secondary N) is 1. The molecule has 1 aliphatic carbocycles. The van der Waals surface area contributed by atoms with E-state index in [1.807, 2.05) is 31.7 Å². The highest BCUT2D eigenvalue weighted by molar-refractivity contribution is 7.99. The molecule has 1 saturated carbocycles. The SMILES string of the molecule is CSC1CCCC1Nc1nc(C)cc(C)c1C#N. The van der Waals surface area contributed by atoms with Crippen LogP contribution in [-0.2, 0) is 0 Å². The number of nitriles is 1. The van der Waals surface area contributed by atoms with Crippen molar-refractivity contribution in [3.8, 4) is 6.07 Å². The van der Waals surface area contributed by atoms with Gasteiger partial charge in [-0.3, -0.25) is 0 Å².